The lowest BCUT2D eigenvalue weighted by molar-refractivity contribution is -0.139. The molecule has 0 aromatic rings. The van der Waals surface area contributed by atoms with Crippen LogP contribution in [0, 0.1) is 0 Å². The quantitative estimate of drug-likeness (QED) is 0.481. The van der Waals surface area contributed by atoms with Crippen molar-refractivity contribution in [3.05, 3.63) is 25.3 Å². The zero-order valence-electron chi connectivity index (χ0n) is 8.39. The van der Waals surface area contributed by atoms with Crippen LogP contribution < -0.4 is 0 Å². The molecule has 6 heteroatoms. The van der Waals surface area contributed by atoms with Crippen molar-refractivity contribution in [3.63, 3.8) is 0 Å². The van der Waals surface area contributed by atoms with Crippen molar-refractivity contribution in [1.29, 1.82) is 0 Å². The molecule has 6 nitrogen and oxygen atoms in total. The highest BCUT2D eigenvalue weighted by Crippen LogP contribution is 1.95. The molecule has 0 heterocycles. The van der Waals surface area contributed by atoms with E-state index in [-0.39, 0.29) is 5.57 Å². The largest absolute Gasteiger partial charge is 0.481 e. The van der Waals surface area contributed by atoms with Crippen molar-refractivity contribution in [3.8, 4) is 0 Å². The summed E-state index contributed by atoms with van der Waals surface area (Å²) in [4.78, 5) is 28.7. The molecule has 15 heavy (non-hydrogen) atoms. The third-order valence-electron chi connectivity index (χ3n) is 0.667. The van der Waals surface area contributed by atoms with E-state index >= 15 is 0 Å². The average molecular weight is 218 g/mol. The van der Waals surface area contributed by atoms with Crippen LogP contribution in [-0.2, 0) is 14.4 Å². The summed E-state index contributed by atoms with van der Waals surface area (Å²) in [7, 11) is 0. The number of carboxylic acids is 3. The molecule has 0 saturated carbocycles. The van der Waals surface area contributed by atoms with E-state index in [0.717, 1.165) is 6.92 Å². The Morgan fingerprint density at radius 1 is 1.07 bits per heavy atom. The fraction of sp³-hybridized carbons (Fsp3) is 0.222. The second-order valence-electron chi connectivity index (χ2n) is 2.00. The summed E-state index contributed by atoms with van der Waals surface area (Å²) in [5, 5.41) is 23.5. The van der Waals surface area contributed by atoms with Crippen LogP contribution >= 0.6 is 0 Å². The third-order valence-corrected chi connectivity index (χ3v) is 0.667. The first-order valence-corrected chi connectivity index (χ1v) is 3.59. The van der Waals surface area contributed by atoms with E-state index in [1.165, 1.54) is 0 Å². The zero-order valence-corrected chi connectivity index (χ0v) is 8.39. The van der Waals surface area contributed by atoms with E-state index < -0.39 is 24.3 Å². The standard InChI is InChI=1S/C5H6O4.C2H4O2.C2H4/c1-3(5(8)9)2-4(6)7;1-2(3)4;1-2/h1-2H2,(H,6,7)(H,8,9);1H3,(H,3,4);1-2H2. The monoisotopic (exact) mass is 218 g/mol. The number of carboxylic acid groups (broad SMARTS) is 3. The van der Waals surface area contributed by atoms with E-state index in [4.69, 9.17) is 20.1 Å². The first-order chi connectivity index (χ1) is 6.77. The SMILES string of the molecule is C=C.C=C(CC(=O)O)C(=O)O.CC(=O)O. The van der Waals surface area contributed by atoms with Gasteiger partial charge in [-0.1, -0.05) is 6.58 Å². The van der Waals surface area contributed by atoms with E-state index in [2.05, 4.69) is 19.7 Å². The van der Waals surface area contributed by atoms with Gasteiger partial charge in [-0.15, -0.1) is 13.2 Å². The van der Waals surface area contributed by atoms with Crippen molar-refractivity contribution in [2.24, 2.45) is 0 Å². The van der Waals surface area contributed by atoms with Crippen LogP contribution in [0.5, 0.6) is 0 Å². The molecule has 0 radical (unpaired) electrons. The number of aliphatic carboxylic acids is 3. The minimum atomic E-state index is -1.27. The molecule has 0 saturated heterocycles. The molecule has 0 bridgehead atoms. The smallest absolute Gasteiger partial charge is 0.331 e. The normalized spacial score (nSPS) is 7.00. The Kier molecular flexibility index (Phi) is 14.8. The predicted octanol–water partition coefficient (Wildman–Crippen LogP) is 0.995. The summed E-state index contributed by atoms with van der Waals surface area (Å²) in [5.74, 6) is -3.28. The second kappa shape index (κ2) is 11.9. The molecule has 0 atom stereocenters. The Balaban J connectivity index is -0.000000202. The Morgan fingerprint density at radius 3 is 1.40 bits per heavy atom. The molecule has 3 N–H and O–H groups in total. The van der Waals surface area contributed by atoms with Gasteiger partial charge in [0.05, 0.1) is 6.42 Å². The summed E-state index contributed by atoms with van der Waals surface area (Å²) in [6.45, 7) is 10.1. The maximum absolute atomic E-state index is 9.87. The number of carbonyl (C=O) groups is 3. The Hall–Kier alpha value is -2.11. The molecule has 0 fully saturated rings. The lowest BCUT2D eigenvalue weighted by Gasteiger charge is -1.91. The van der Waals surface area contributed by atoms with Gasteiger partial charge in [-0.3, -0.25) is 9.59 Å². The molecular formula is C9H14O6. The molecular weight excluding hydrogens is 204 g/mol. The molecule has 0 amide bonds. The van der Waals surface area contributed by atoms with Crippen molar-refractivity contribution < 1.29 is 29.7 Å². The van der Waals surface area contributed by atoms with E-state index in [1.807, 2.05) is 0 Å². The summed E-state index contributed by atoms with van der Waals surface area (Å²) >= 11 is 0. The number of hydrogen-bond donors (Lipinski definition) is 3. The van der Waals surface area contributed by atoms with Gasteiger partial charge < -0.3 is 15.3 Å². The average Bonchev–Trinajstić information content (AvgIpc) is 2.05. The van der Waals surface area contributed by atoms with Gasteiger partial charge >= 0.3 is 11.9 Å². The minimum Gasteiger partial charge on any atom is -0.481 e. The van der Waals surface area contributed by atoms with Crippen LogP contribution in [0.25, 0.3) is 0 Å². The van der Waals surface area contributed by atoms with Crippen LogP contribution in [0.3, 0.4) is 0 Å². The van der Waals surface area contributed by atoms with Gasteiger partial charge in [0.2, 0.25) is 0 Å². The predicted molar refractivity (Wildman–Crippen MR) is 53.6 cm³/mol. The Morgan fingerprint density at radius 2 is 1.33 bits per heavy atom. The topological polar surface area (TPSA) is 112 Å². The third kappa shape index (κ3) is 33.5. The summed E-state index contributed by atoms with van der Waals surface area (Å²) < 4.78 is 0. The first kappa shape index (κ1) is 18.6. The first-order valence-electron chi connectivity index (χ1n) is 3.59. The minimum absolute atomic E-state index is 0.303. The van der Waals surface area contributed by atoms with Gasteiger partial charge in [-0.2, -0.15) is 0 Å². The lowest BCUT2D eigenvalue weighted by Crippen LogP contribution is -2.04. The van der Waals surface area contributed by atoms with Crippen molar-refractivity contribution in [2.75, 3.05) is 0 Å². The fourth-order valence-electron chi connectivity index (χ4n) is 0.258. The lowest BCUT2D eigenvalue weighted by atomic mass is 10.2. The number of rotatable bonds is 3. The zero-order chi connectivity index (χ0) is 13.0. The van der Waals surface area contributed by atoms with Gasteiger partial charge in [0.25, 0.3) is 5.97 Å². The highest BCUT2D eigenvalue weighted by Gasteiger charge is 2.07. The van der Waals surface area contributed by atoms with Gasteiger partial charge in [0.15, 0.2) is 0 Å². The molecule has 0 spiro atoms. The van der Waals surface area contributed by atoms with Crippen LogP contribution in [0.1, 0.15) is 13.3 Å². The van der Waals surface area contributed by atoms with Gasteiger partial charge in [-0.25, -0.2) is 4.79 Å². The van der Waals surface area contributed by atoms with Crippen molar-refractivity contribution >= 4 is 17.9 Å². The van der Waals surface area contributed by atoms with Crippen LogP contribution in [0.4, 0.5) is 0 Å². The highest BCUT2D eigenvalue weighted by atomic mass is 16.4. The van der Waals surface area contributed by atoms with Crippen LogP contribution in [0.2, 0.25) is 0 Å². The van der Waals surface area contributed by atoms with Gasteiger partial charge in [0.1, 0.15) is 0 Å². The molecule has 0 aliphatic carbocycles. The Labute approximate surface area is 87.2 Å². The highest BCUT2D eigenvalue weighted by molar-refractivity contribution is 5.91. The van der Waals surface area contributed by atoms with E-state index in [0.29, 0.717) is 0 Å². The van der Waals surface area contributed by atoms with Crippen molar-refractivity contribution in [1.82, 2.24) is 0 Å². The summed E-state index contributed by atoms with van der Waals surface area (Å²) in [6.07, 6.45) is -0.505. The molecule has 0 rings (SSSR count). The van der Waals surface area contributed by atoms with Gasteiger partial charge in [0, 0.05) is 12.5 Å². The summed E-state index contributed by atoms with van der Waals surface area (Å²) in [5.41, 5.74) is -0.303. The molecule has 0 aromatic carbocycles. The Bertz CT molecular complexity index is 239. The second-order valence-corrected chi connectivity index (χ2v) is 2.00. The molecule has 0 unspecified atom stereocenters. The van der Waals surface area contributed by atoms with Crippen LogP contribution in [0.15, 0.2) is 25.3 Å². The molecule has 86 valence electrons. The maximum atomic E-state index is 9.87. The van der Waals surface area contributed by atoms with Crippen molar-refractivity contribution in [2.45, 2.75) is 13.3 Å². The molecule has 0 aliphatic rings. The fourth-order valence-corrected chi connectivity index (χ4v) is 0.258. The van der Waals surface area contributed by atoms with Gasteiger partial charge in [-0.05, 0) is 0 Å². The number of hydrogen-bond acceptors (Lipinski definition) is 3. The van der Waals surface area contributed by atoms with Crippen LogP contribution in [-0.4, -0.2) is 33.2 Å². The van der Waals surface area contributed by atoms with E-state index in [1.54, 1.807) is 0 Å². The summed E-state index contributed by atoms with van der Waals surface area (Å²) in [6, 6.07) is 0. The maximum Gasteiger partial charge on any atom is 0.331 e. The van der Waals surface area contributed by atoms with E-state index in [9.17, 15) is 9.59 Å². The molecule has 0 aliphatic heterocycles. The molecule has 0 aromatic heterocycles.